The first-order valence-electron chi connectivity index (χ1n) is 5.86. The standard InChI is InChI=1S/C13H10BrNO6/c14-12-6-5-11(21-12)13(16)20-8-7-19-10-3-1-9(2-4-10)15(17)18/h1-6H,7-8H2. The zero-order valence-corrected chi connectivity index (χ0v) is 12.2. The fraction of sp³-hybridized carbons (Fsp3) is 0.154. The minimum atomic E-state index is -0.590. The molecule has 0 aliphatic carbocycles. The average Bonchev–Trinajstić information content (AvgIpc) is 2.90. The molecule has 0 radical (unpaired) electrons. The van der Waals surface area contributed by atoms with Crippen molar-refractivity contribution in [2.45, 2.75) is 0 Å². The van der Waals surface area contributed by atoms with E-state index in [1.165, 1.54) is 30.3 Å². The molecule has 7 nitrogen and oxygen atoms in total. The van der Waals surface area contributed by atoms with E-state index in [4.69, 9.17) is 13.9 Å². The van der Waals surface area contributed by atoms with Crippen molar-refractivity contribution in [2.24, 2.45) is 0 Å². The third-order valence-corrected chi connectivity index (χ3v) is 2.83. The Hall–Kier alpha value is -2.35. The maximum Gasteiger partial charge on any atom is 0.374 e. The van der Waals surface area contributed by atoms with Gasteiger partial charge in [-0.05, 0) is 40.2 Å². The number of esters is 1. The monoisotopic (exact) mass is 355 g/mol. The molecule has 1 heterocycles. The van der Waals surface area contributed by atoms with Crippen LogP contribution in [0.4, 0.5) is 5.69 Å². The second-order valence-electron chi connectivity index (χ2n) is 3.84. The summed E-state index contributed by atoms with van der Waals surface area (Å²) in [5.74, 6) is -0.0393. The number of hydrogen-bond donors (Lipinski definition) is 0. The lowest BCUT2D eigenvalue weighted by molar-refractivity contribution is -0.384. The largest absolute Gasteiger partial charge is 0.490 e. The molecular weight excluding hydrogens is 346 g/mol. The fourth-order valence-corrected chi connectivity index (χ4v) is 1.76. The molecule has 0 atom stereocenters. The topological polar surface area (TPSA) is 91.8 Å². The smallest absolute Gasteiger partial charge is 0.374 e. The van der Waals surface area contributed by atoms with E-state index in [0.29, 0.717) is 10.4 Å². The second kappa shape index (κ2) is 6.89. The van der Waals surface area contributed by atoms with E-state index in [0.717, 1.165) is 0 Å². The highest BCUT2D eigenvalue weighted by molar-refractivity contribution is 9.10. The second-order valence-corrected chi connectivity index (χ2v) is 4.62. The molecule has 0 aliphatic heterocycles. The van der Waals surface area contributed by atoms with Crippen molar-refractivity contribution in [3.63, 3.8) is 0 Å². The molecule has 0 fully saturated rings. The van der Waals surface area contributed by atoms with Crippen molar-refractivity contribution in [3.05, 3.63) is 56.9 Å². The first-order valence-corrected chi connectivity index (χ1v) is 6.65. The molecule has 2 rings (SSSR count). The van der Waals surface area contributed by atoms with Gasteiger partial charge in [-0.25, -0.2) is 4.79 Å². The molecule has 110 valence electrons. The Morgan fingerprint density at radius 3 is 2.48 bits per heavy atom. The number of nitrogens with zero attached hydrogens (tertiary/aromatic N) is 1. The molecule has 21 heavy (non-hydrogen) atoms. The number of nitro benzene ring substituents is 1. The van der Waals surface area contributed by atoms with Crippen LogP contribution < -0.4 is 4.74 Å². The van der Waals surface area contributed by atoms with Crippen LogP contribution in [0.5, 0.6) is 5.75 Å². The van der Waals surface area contributed by atoms with Crippen molar-refractivity contribution in [3.8, 4) is 5.75 Å². The van der Waals surface area contributed by atoms with Crippen LogP contribution in [0.25, 0.3) is 0 Å². The Labute approximate surface area is 127 Å². The minimum Gasteiger partial charge on any atom is -0.490 e. The summed E-state index contributed by atoms with van der Waals surface area (Å²) < 4.78 is 15.7. The van der Waals surface area contributed by atoms with Gasteiger partial charge < -0.3 is 13.9 Å². The summed E-state index contributed by atoms with van der Waals surface area (Å²) in [5.41, 5.74) is -0.0165. The van der Waals surface area contributed by atoms with Gasteiger partial charge in [0.05, 0.1) is 4.92 Å². The maximum absolute atomic E-state index is 11.5. The molecule has 0 N–H and O–H groups in total. The Morgan fingerprint density at radius 1 is 1.19 bits per heavy atom. The van der Waals surface area contributed by atoms with Crippen molar-refractivity contribution in [2.75, 3.05) is 13.2 Å². The Bertz CT molecular complexity index is 636. The quantitative estimate of drug-likeness (QED) is 0.342. The maximum atomic E-state index is 11.5. The summed E-state index contributed by atoms with van der Waals surface area (Å²) >= 11 is 3.08. The summed E-state index contributed by atoms with van der Waals surface area (Å²) in [5, 5.41) is 10.5. The fourth-order valence-electron chi connectivity index (χ4n) is 1.45. The predicted molar refractivity (Wildman–Crippen MR) is 75.3 cm³/mol. The van der Waals surface area contributed by atoms with Gasteiger partial charge in [0.15, 0.2) is 4.67 Å². The Morgan fingerprint density at radius 2 is 1.90 bits per heavy atom. The van der Waals surface area contributed by atoms with Gasteiger partial charge in [0, 0.05) is 12.1 Å². The number of nitro groups is 1. The van der Waals surface area contributed by atoms with Crippen LogP contribution in [0.3, 0.4) is 0 Å². The number of ether oxygens (including phenoxy) is 2. The molecule has 8 heteroatoms. The van der Waals surface area contributed by atoms with E-state index in [1.807, 2.05) is 0 Å². The lowest BCUT2D eigenvalue weighted by Gasteiger charge is -2.06. The number of halogens is 1. The zero-order chi connectivity index (χ0) is 15.2. The van der Waals surface area contributed by atoms with Gasteiger partial charge in [-0.15, -0.1) is 0 Å². The number of furan rings is 1. The number of carbonyl (C=O) groups is 1. The molecule has 0 aliphatic rings. The van der Waals surface area contributed by atoms with Gasteiger partial charge in [-0.2, -0.15) is 0 Å². The molecule has 0 spiro atoms. The van der Waals surface area contributed by atoms with Gasteiger partial charge in [-0.3, -0.25) is 10.1 Å². The van der Waals surface area contributed by atoms with Crippen LogP contribution in [0.2, 0.25) is 0 Å². The third-order valence-electron chi connectivity index (χ3n) is 2.41. The molecule has 0 saturated heterocycles. The summed E-state index contributed by atoms with van der Waals surface area (Å²) in [6.07, 6.45) is 0. The highest BCUT2D eigenvalue weighted by atomic mass is 79.9. The summed E-state index contributed by atoms with van der Waals surface area (Å²) in [6.45, 7) is 0.166. The molecule has 0 unspecified atom stereocenters. The number of carbonyl (C=O) groups excluding carboxylic acids is 1. The van der Waals surface area contributed by atoms with Crippen LogP contribution in [-0.2, 0) is 4.74 Å². The molecule has 0 amide bonds. The van der Waals surface area contributed by atoms with E-state index >= 15 is 0 Å². The molecule has 1 aromatic heterocycles. The van der Waals surface area contributed by atoms with Gasteiger partial charge in [-0.1, -0.05) is 0 Å². The minimum absolute atomic E-state index is 0.0165. The number of non-ortho nitro benzene ring substituents is 1. The lowest BCUT2D eigenvalue weighted by atomic mass is 10.3. The normalized spacial score (nSPS) is 10.1. The summed E-state index contributed by atoms with van der Waals surface area (Å²) in [4.78, 5) is 21.5. The van der Waals surface area contributed by atoms with Crippen LogP contribution >= 0.6 is 15.9 Å². The van der Waals surface area contributed by atoms with Gasteiger partial charge in [0.25, 0.3) is 5.69 Å². The molecular formula is C13H10BrNO6. The highest BCUT2D eigenvalue weighted by Crippen LogP contribution is 2.17. The number of benzene rings is 1. The van der Waals surface area contributed by atoms with Gasteiger partial charge >= 0.3 is 5.97 Å². The Kier molecular flexibility index (Phi) is 4.94. The average molecular weight is 356 g/mol. The van der Waals surface area contributed by atoms with E-state index in [2.05, 4.69) is 15.9 Å². The third kappa shape index (κ3) is 4.32. The van der Waals surface area contributed by atoms with Crippen molar-refractivity contribution in [1.82, 2.24) is 0 Å². The SMILES string of the molecule is O=C(OCCOc1ccc([N+](=O)[O-])cc1)c1ccc(Br)o1. The van der Waals surface area contributed by atoms with E-state index in [-0.39, 0.29) is 24.7 Å². The highest BCUT2D eigenvalue weighted by Gasteiger charge is 2.11. The molecule has 0 saturated carbocycles. The van der Waals surface area contributed by atoms with E-state index in [9.17, 15) is 14.9 Å². The summed E-state index contributed by atoms with van der Waals surface area (Å²) in [7, 11) is 0. The van der Waals surface area contributed by atoms with E-state index in [1.54, 1.807) is 6.07 Å². The first-order chi connectivity index (χ1) is 10.1. The lowest BCUT2D eigenvalue weighted by Crippen LogP contribution is -2.11. The van der Waals surface area contributed by atoms with E-state index < -0.39 is 10.9 Å². The molecule has 0 bridgehead atoms. The first kappa shape index (κ1) is 15.0. The molecule has 2 aromatic rings. The van der Waals surface area contributed by atoms with Gasteiger partial charge in [0.1, 0.15) is 19.0 Å². The zero-order valence-electron chi connectivity index (χ0n) is 10.7. The van der Waals surface area contributed by atoms with Crippen LogP contribution in [0.15, 0.2) is 45.5 Å². The number of hydrogen-bond acceptors (Lipinski definition) is 6. The van der Waals surface area contributed by atoms with Crippen LogP contribution in [0.1, 0.15) is 10.6 Å². The summed E-state index contributed by atoms with van der Waals surface area (Å²) in [6, 6.07) is 8.70. The van der Waals surface area contributed by atoms with Crippen molar-refractivity contribution in [1.29, 1.82) is 0 Å². The van der Waals surface area contributed by atoms with Crippen molar-refractivity contribution >= 4 is 27.6 Å². The van der Waals surface area contributed by atoms with Crippen LogP contribution in [-0.4, -0.2) is 24.1 Å². The Balaban J connectivity index is 1.74. The van der Waals surface area contributed by atoms with Gasteiger partial charge in [0.2, 0.25) is 5.76 Å². The van der Waals surface area contributed by atoms with Crippen LogP contribution in [0, 0.1) is 10.1 Å². The molecule has 1 aromatic carbocycles. The number of rotatable bonds is 6. The predicted octanol–water partition coefficient (Wildman–Crippen LogP) is 3.19. The van der Waals surface area contributed by atoms with Crippen molar-refractivity contribution < 1.29 is 23.6 Å².